The molecule has 0 aliphatic heterocycles. The number of nitrogens with zero attached hydrogens (tertiary/aromatic N) is 1. The van der Waals surface area contributed by atoms with E-state index in [0.717, 1.165) is 16.9 Å². The zero-order valence-electron chi connectivity index (χ0n) is 12.2. The average molecular weight is 279 g/mol. The normalized spacial score (nSPS) is 10.8. The Morgan fingerprint density at radius 3 is 2.48 bits per heavy atom. The van der Waals surface area contributed by atoms with Crippen LogP contribution in [0.4, 0.5) is 0 Å². The van der Waals surface area contributed by atoms with Crippen LogP contribution >= 0.6 is 0 Å². The fourth-order valence-corrected chi connectivity index (χ4v) is 2.60. The molecule has 21 heavy (non-hydrogen) atoms. The van der Waals surface area contributed by atoms with Crippen molar-refractivity contribution in [1.29, 1.82) is 0 Å². The molecule has 0 aliphatic carbocycles. The van der Waals surface area contributed by atoms with Gasteiger partial charge in [0.05, 0.1) is 12.8 Å². The zero-order valence-corrected chi connectivity index (χ0v) is 12.2. The molecule has 3 nitrogen and oxygen atoms in total. The number of pyridine rings is 1. The van der Waals surface area contributed by atoms with Gasteiger partial charge in [-0.05, 0) is 37.6 Å². The van der Waals surface area contributed by atoms with Gasteiger partial charge < -0.3 is 8.98 Å². The van der Waals surface area contributed by atoms with Gasteiger partial charge in [0.15, 0.2) is 0 Å². The van der Waals surface area contributed by atoms with Gasteiger partial charge in [0.25, 0.3) is 5.56 Å². The second kappa shape index (κ2) is 5.44. The van der Waals surface area contributed by atoms with Crippen LogP contribution in [0.3, 0.4) is 0 Å². The number of hydrogen-bond acceptors (Lipinski definition) is 2. The van der Waals surface area contributed by atoms with Gasteiger partial charge in [-0.2, -0.15) is 0 Å². The van der Waals surface area contributed by atoms with E-state index in [0.29, 0.717) is 6.54 Å². The minimum absolute atomic E-state index is 0.00975. The van der Waals surface area contributed by atoms with E-state index in [1.165, 1.54) is 11.1 Å². The predicted octanol–water partition coefficient (Wildman–Crippen LogP) is 3.77. The molecule has 0 aliphatic rings. The van der Waals surface area contributed by atoms with Crippen LogP contribution in [-0.2, 0) is 6.54 Å². The largest absolute Gasteiger partial charge is 0.464 e. The molecule has 3 rings (SSSR count). The van der Waals surface area contributed by atoms with Gasteiger partial charge in [0.1, 0.15) is 5.76 Å². The minimum Gasteiger partial charge on any atom is -0.464 e. The first-order valence-electron chi connectivity index (χ1n) is 6.93. The van der Waals surface area contributed by atoms with Gasteiger partial charge in [-0.3, -0.25) is 4.79 Å². The summed E-state index contributed by atoms with van der Waals surface area (Å²) in [5.74, 6) is 0.768. The molecule has 1 aromatic carbocycles. The molecule has 2 aromatic heterocycles. The van der Waals surface area contributed by atoms with E-state index in [1.807, 2.05) is 18.3 Å². The van der Waals surface area contributed by atoms with E-state index in [2.05, 4.69) is 32.0 Å². The molecule has 0 fully saturated rings. The molecule has 0 bridgehead atoms. The van der Waals surface area contributed by atoms with Crippen LogP contribution in [0.2, 0.25) is 0 Å². The number of benzene rings is 1. The van der Waals surface area contributed by atoms with Crippen molar-refractivity contribution >= 4 is 0 Å². The van der Waals surface area contributed by atoms with Crippen LogP contribution in [0.25, 0.3) is 11.3 Å². The van der Waals surface area contributed by atoms with Gasteiger partial charge >= 0.3 is 0 Å². The van der Waals surface area contributed by atoms with Crippen LogP contribution in [0.1, 0.15) is 16.7 Å². The maximum atomic E-state index is 12.0. The van der Waals surface area contributed by atoms with E-state index in [1.54, 1.807) is 23.0 Å². The van der Waals surface area contributed by atoms with E-state index in [-0.39, 0.29) is 5.56 Å². The smallest absolute Gasteiger partial charge is 0.250 e. The zero-order chi connectivity index (χ0) is 14.8. The van der Waals surface area contributed by atoms with Gasteiger partial charge in [0, 0.05) is 17.8 Å². The van der Waals surface area contributed by atoms with Crippen LogP contribution in [0.5, 0.6) is 0 Å². The molecule has 0 N–H and O–H groups in total. The summed E-state index contributed by atoms with van der Waals surface area (Å²) in [4.78, 5) is 12.0. The Balaban J connectivity index is 1.98. The highest BCUT2D eigenvalue weighted by Gasteiger charge is 2.05. The quantitative estimate of drug-likeness (QED) is 0.731. The van der Waals surface area contributed by atoms with E-state index in [4.69, 9.17) is 4.42 Å². The summed E-state index contributed by atoms with van der Waals surface area (Å²) in [6.07, 6.45) is 3.48. The van der Waals surface area contributed by atoms with E-state index in [9.17, 15) is 4.79 Å². The van der Waals surface area contributed by atoms with Crippen molar-refractivity contribution in [2.24, 2.45) is 0 Å². The van der Waals surface area contributed by atoms with Crippen LogP contribution in [-0.4, -0.2) is 4.57 Å². The maximum absolute atomic E-state index is 12.0. The fraction of sp³-hybridized carbons (Fsp3) is 0.167. The first-order valence-corrected chi connectivity index (χ1v) is 6.93. The lowest BCUT2D eigenvalue weighted by Crippen LogP contribution is -2.19. The second-order valence-electron chi connectivity index (χ2n) is 5.36. The molecule has 0 saturated carbocycles. The van der Waals surface area contributed by atoms with Crippen molar-refractivity contribution < 1.29 is 4.42 Å². The summed E-state index contributed by atoms with van der Waals surface area (Å²) < 4.78 is 7.10. The molecule has 0 atom stereocenters. The summed E-state index contributed by atoms with van der Waals surface area (Å²) in [5, 5.41) is 0. The van der Waals surface area contributed by atoms with Crippen molar-refractivity contribution in [2.45, 2.75) is 20.4 Å². The molecule has 0 saturated heterocycles. The lowest BCUT2D eigenvalue weighted by Gasteiger charge is -2.09. The number of rotatable bonds is 3. The van der Waals surface area contributed by atoms with Gasteiger partial charge in [0.2, 0.25) is 0 Å². The summed E-state index contributed by atoms with van der Waals surface area (Å²) in [6.45, 7) is 4.70. The van der Waals surface area contributed by atoms with Crippen LogP contribution in [0.15, 0.2) is 64.1 Å². The Morgan fingerprint density at radius 1 is 1.05 bits per heavy atom. The van der Waals surface area contributed by atoms with Crippen LogP contribution in [0, 0.1) is 13.8 Å². The third-order valence-corrected chi connectivity index (χ3v) is 3.42. The number of furan rings is 1. The third kappa shape index (κ3) is 2.97. The van der Waals surface area contributed by atoms with E-state index >= 15 is 0 Å². The van der Waals surface area contributed by atoms with Gasteiger partial charge in [-0.15, -0.1) is 0 Å². The molecule has 3 heteroatoms. The first-order chi connectivity index (χ1) is 10.1. The van der Waals surface area contributed by atoms with Crippen molar-refractivity contribution in [3.05, 3.63) is 82.0 Å². The SMILES string of the molecule is Cc1cc(C)cc(Cn2cc(-c3ccco3)ccc2=O)c1. The molecule has 0 spiro atoms. The Morgan fingerprint density at radius 2 is 1.81 bits per heavy atom. The number of aromatic nitrogens is 1. The lowest BCUT2D eigenvalue weighted by atomic mass is 10.1. The second-order valence-corrected chi connectivity index (χ2v) is 5.36. The maximum Gasteiger partial charge on any atom is 0.250 e. The summed E-state index contributed by atoms with van der Waals surface area (Å²) in [5.41, 5.74) is 4.44. The molecule has 0 unspecified atom stereocenters. The Kier molecular flexibility index (Phi) is 3.48. The monoisotopic (exact) mass is 279 g/mol. The summed E-state index contributed by atoms with van der Waals surface area (Å²) >= 11 is 0. The Bertz CT molecular complexity index is 793. The number of hydrogen-bond donors (Lipinski definition) is 0. The molecule has 0 radical (unpaired) electrons. The third-order valence-electron chi connectivity index (χ3n) is 3.42. The number of aryl methyl sites for hydroxylation is 2. The highest BCUT2D eigenvalue weighted by molar-refractivity contribution is 5.55. The van der Waals surface area contributed by atoms with Gasteiger partial charge in [-0.1, -0.05) is 29.3 Å². The van der Waals surface area contributed by atoms with Crippen molar-refractivity contribution in [1.82, 2.24) is 4.57 Å². The highest BCUT2D eigenvalue weighted by Crippen LogP contribution is 2.18. The minimum atomic E-state index is -0.00975. The summed E-state index contributed by atoms with van der Waals surface area (Å²) in [7, 11) is 0. The summed E-state index contributed by atoms with van der Waals surface area (Å²) in [6, 6.07) is 13.5. The molecule has 2 heterocycles. The molecule has 106 valence electrons. The van der Waals surface area contributed by atoms with Crippen LogP contribution < -0.4 is 5.56 Å². The highest BCUT2D eigenvalue weighted by atomic mass is 16.3. The molecular weight excluding hydrogens is 262 g/mol. The van der Waals surface area contributed by atoms with Crippen molar-refractivity contribution in [3.63, 3.8) is 0 Å². The van der Waals surface area contributed by atoms with Crippen molar-refractivity contribution in [2.75, 3.05) is 0 Å². The standard InChI is InChI=1S/C18H17NO2/c1-13-8-14(2)10-15(9-13)11-19-12-16(5-6-18(19)20)17-4-3-7-21-17/h3-10,12H,11H2,1-2H3. The van der Waals surface area contributed by atoms with Crippen molar-refractivity contribution in [3.8, 4) is 11.3 Å². The lowest BCUT2D eigenvalue weighted by molar-refractivity contribution is 0.581. The first kappa shape index (κ1) is 13.4. The Labute approximate surface area is 123 Å². The molecule has 0 amide bonds. The topological polar surface area (TPSA) is 35.1 Å². The van der Waals surface area contributed by atoms with E-state index < -0.39 is 0 Å². The molecule has 3 aromatic rings. The molecular formula is C18H17NO2. The fourth-order valence-electron chi connectivity index (χ4n) is 2.60. The predicted molar refractivity (Wildman–Crippen MR) is 83.4 cm³/mol. The average Bonchev–Trinajstić information content (AvgIpc) is 2.94. The van der Waals surface area contributed by atoms with Gasteiger partial charge in [-0.25, -0.2) is 0 Å². The Hall–Kier alpha value is -2.55.